The Bertz CT molecular complexity index is 550. The summed E-state index contributed by atoms with van der Waals surface area (Å²) in [6.07, 6.45) is 0. The smallest absolute Gasteiger partial charge is 0.282 e. The second-order valence-corrected chi connectivity index (χ2v) is 3.94. The normalized spacial score (nSPS) is 10.0. The quantitative estimate of drug-likeness (QED) is 0.425. The van der Waals surface area contributed by atoms with Crippen molar-refractivity contribution < 1.29 is 23.6 Å². The van der Waals surface area contributed by atoms with Gasteiger partial charge in [-0.3, -0.25) is 19.7 Å². The van der Waals surface area contributed by atoms with Crippen LogP contribution in [0.25, 0.3) is 0 Å². The largest absolute Gasteiger partial charge is 0.383 e. The second kappa shape index (κ2) is 7.90. The van der Waals surface area contributed by atoms with Gasteiger partial charge in [0.2, 0.25) is 5.91 Å². The molecule has 2 amide bonds. The molecule has 0 radical (unpaired) electrons. The number of nitrogens with zero attached hydrogens (tertiary/aromatic N) is 1. The second-order valence-electron chi connectivity index (χ2n) is 3.94. The molecule has 0 saturated heterocycles. The SMILES string of the molecule is COCCNC(=O)CNC(=O)c1cc(F)ccc1[N+](=O)[O-]. The number of nitrogens with one attached hydrogen (secondary N) is 2. The first-order valence-electron chi connectivity index (χ1n) is 5.93. The van der Waals surface area contributed by atoms with E-state index in [1.54, 1.807) is 0 Å². The summed E-state index contributed by atoms with van der Waals surface area (Å²) in [6.45, 7) is 0.205. The molecule has 1 aromatic carbocycles. The lowest BCUT2D eigenvalue weighted by Gasteiger charge is -2.07. The summed E-state index contributed by atoms with van der Waals surface area (Å²) in [5, 5.41) is 15.4. The van der Waals surface area contributed by atoms with Crippen molar-refractivity contribution in [1.82, 2.24) is 10.6 Å². The minimum Gasteiger partial charge on any atom is -0.383 e. The summed E-state index contributed by atoms with van der Waals surface area (Å²) in [4.78, 5) is 33.1. The maximum atomic E-state index is 13.1. The van der Waals surface area contributed by atoms with Crippen molar-refractivity contribution >= 4 is 17.5 Å². The van der Waals surface area contributed by atoms with E-state index in [1.165, 1.54) is 7.11 Å². The molecule has 0 aliphatic carbocycles. The van der Waals surface area contributed by atoms with E-state index in [0.29, 0.717) is 6.61 Å². The van der Waals surface area contributed by atoms with Gasteiger partial charge in [0.25, 0.3) is 11.6 Å². The minimum absolute atomic E-state index is 0.269. The fraction of sp³-hybridized carbons (Fsp3) is 0.333. The molecule has 21 heavy (non-hydrogen) atoms. The van der Waals surface area contributed by atoms with Crippen molar-refractivity contribution in [3.63, 3.8) is 0 Å². The summed E-state index contributed by atoms with van der Waals surface area (Å²) in [6, 6.07) is 2.52. The van der Waals surface area contributed by atoms with Crippen LogP contribution in [-0.4, -0.2) is 43.5 Å². The number of carbonyl (C=O) groups excluding carboxylic acids is 2. The Morgan fingerprint density at radius 1 is 1.38 bits per heavy atom. The Morgan fingerprint density at radius 2 is 2.10 bits per heavy atom. The topological polar surface area (TPSA) is 111 Å². The number of nitro benzene ring substituents is 1. The first-order valence-corrected chi connectivity index (χ1v) is 5.93. The Labute approximate surface area is 119 Å². The van der Waals surface area contributed by atoms with Crippen LogP contribution in [0.2, 0.25) is 0 Å². The molecule has 0 spiro atoms. The van der Waals surface area contributed by atoms with E-state index in [2.05, 4.69) is 10.6 Å². The van der Waals surface area contributed by atoms with Gasteiger partial charge in [0.05, 0.1) is 18.1 Å². The molecular formula is C12H14FN3O5. The third-order valence-electron chi connectivity index (χ3n) is 2.44. The van der Waals surface area contributed by atoms with E-state index < -0.39 is 33.8 Å². The van der Waals surface area contributed by atoms with E-state index in [-0.39, 0.29) is 13.1 Å². The van der Waals surface area contributed by atoms with Gasteiger partial charge in [-0.05, 0) is 12.1 Å². The number of hydrogen-bond acceptors (Lipinski definition) is 5. The number of halogens is 1. The molecule has 0 bridgehead atoms. The van der Waals surface area contributed by atoms with Crippen LogP contribution in [0.3, 0.4) is 0 Å². The number of benzene rings is 1. The zero-order valence-corrected chi connectivity index (χ0v) is 11.2. The lowest BCUT2D eigenvalue weighted by Crippen LogP contribution is -2.38. The van der Waals surface area contributed by atoms with Crippen LogP contribution in [0.4, 0.5) is 10.1 Å². The van der Waals surface area contributed by atoms with Gasteiger partial charge in [0.15, 0.2) is 0 Å². The number of rotatable bonds is 7. The minimum atomic E-state index is -0.900. The van der Waals surface area contributed by atoms with Gasteiger partial charge in [-0.25, -0.2) is 4.39 Å². The van der Waals surface area contributed by atoms with Crippen LogP contribution in [-0.2, 0) is 9.53 Å². The van der Waals surface area contributed by atoms with Crippen LogP contribution in [0.5, 0.6) is 0 Å². The number of hydrogen-bond donors (Lipinski definition) is 2. The fourth-order valence-electron chi connectivity index (χ4n) is 1.46. The average Bonchev–Trinajstić information content (AvgIpc) is 2.44. The van der Waals surface area contributed by atoms with Crippen LogP contribution in [0.15, 0.2) is 18.2 Å². The highest BCUT2D eigenvalue weighted by Crippen LogP contribution is 2.19. The van der Waals surface area contributed by atoms with E-state index in [1.807, 2.05) is 0 Å². The Morgan fingerprint density at radius 3 is 2.71 bits per heavy atom. The molecule has 0 heterocycles. The molecule has 0 aliphatic heterocycles. The Balaban J connectivity index is 2.65. The molecule has 1 aromatic rings. The van der Waals surface area contributed by atoms with Crippen molar-refractivity contribution in [3.8, 4) is 0 Å². The van der Waals surface area contributed by atoms with Gasteiger partial charge in [-0.2, -0.15) is 0 Å². The first-order chi connectivity index (χ1) is 9.95. The molecule has 0 unspecified atom stereocenters. The van der Waals surface area contributed by atoms with Gasteiger partial charge >= 0.3 is 0 Å². The molecule has 0 fully saturated rings. The predicted molar refractivity (Wildman–Crippen MR) is 70.3 cm³/mol. The zero-order valence-electron chi connectivity index (χ0n) is 11.2. The summed E-state index contributed by atoms with van der Waals surface area (Å²) in [5.41, 5.74) is -0.974. The predicted octanol–water partition coefficient (Wildman–Crippen LogP) is 0.226. The van der Waals surface area contributed by atoms with Crippen LogP contribution >= 0.6 is 0 Å². The van der Waals surface area contributed by atoms with Gasteiger partial charge in [0, 0.05) is 19.7 Å². The molecule has 9 heteroatoms. The molecule has 0 aliphatic rings. The molecule has 0 aromatic heterocycles. The van der Waals surface area contributed by atoms with Gasteiger partial charge in [-0.15, -0.1) is 0 Å². The third kappa shape index (κ3) is 5.15. The van der Waals surface area contributed by atoms with Gasteiger partial charge in [-0.1, -0.05) is 0 Å². The van der Waals surface area contributed by atoms with E-state index in [4.69, 9.17) is 4.74 Å². The average molecular weight is 299 g/mol. The van der Waals surface area contributed by atoms with Crippen molar-refractivity contribution in [2.45, 2.75) is 0 Å². The summed E-state index contributed by atoms with van der Waals surface area (Å²) < 4.78 is 17.8. The molecular weight excluding hydrogens is 285 g/mol. The van der Waals surface area contributed by atoms with Crippen LogP contribution in [0, 0.1) is 15.9 Å². The van der Waals surface area contributed by atoms with Crippen LogP contribution < -0.4 is 10.6 Å². The lowest BCUT2D eigenvalue weighted by molar-refractivity contribution is -0.385. The highest BCUT2D eigenvalue weighted by atomic mass is 19.1. The molecule has 1 rings (SSSR count). The van der Waals surface area contributed by atoms with Crippen molar-refractivity contribution in [3.05, 3.63) is 39.7 Å². The monoisotopic (exact) mass is 299 g/mol. The number of carbonyl (C=O) groups is 2. The summed E-state index contributed by atoms with van der Waals surface area (Å²) >= 11 is 0. The summed E-state index contributed by atoms with van der Waals surface area (Å²) in [7, 11) is 1.47. The van der Waals surface area contributed by atoms with Gasteiger partial charge < -0.3 is 15.4 Å². The molecule has 2 N–H and O–H groups in total. The number of ether oxygens (including phenoxy) is 1. The van der Waals surface area contributed by atoms with E-state index in [0.717, 1.165) is 18.2 Å². The molecule has 8 nitrogen and oxygen atoms in total. The van der Waals surface area contributed by atoms with E-state index >= 15 is 0 Å². The highest BCUT2D eigenvalue weighted by molar-refractivity contribution is 5.99. The van der Waals surface area contributed by atoms with E-state index in [9.17, 15) is 24.1 Å². The number of nitro groups is 1. The van der Waals surface area contributed by atoms with Crippen molar-refractivity contribution in [1.29, 1.82) is 0 Å². The first kappa shape index (κ1) is 16.5. The fourth-order valence-corrected chi connectivity index (χ4v) is 1.46. The zero-order chi connectivity index (χ0) is 15.8. The molecule has 0 saturated carbocycles. The van der Waals surface area contributed by atoms with Crippen molar-refractivity contribution in [2.24, 2.45) is 0 Å². The van der Waals surface area contributed by atoms with Crippen LogP contribution in [0.1, 0.15) is 10.4 Å². The van der Waals surface area contributed by atoms with Gasteiger partial charge in [0.1, 0.15) is 11.4 Å². The highest BCUT2D eigenvalue weighted by Gasteiger charge is 2.21. The standard InChI is InChI=1S/C12H14FN3O5/c1-21-5-4-14-11(17)7-15-12(18)9-6-8(13)2-3-10(9)16(19)20/h2-3,6H,4-5,7H2,1H3,(H,14,17)(H,15,18). The van der Waals surface area contributed by atoms with Crippen molar-refractivity contribution in [2.75, 3.05) is 26.8 Å². The maximum absolute atomic E-state index is 13.1. The molecule has 114 valence electrons. The lowest BCUT2D eigenvalue weighted by atomic mass is 10.1. The number of amides is 2. The Hall–Kier alpha value is -2.55. The molecule has 0 atom stereocenters. The Kier molecular flexibility index (Phi) is 6.21. The third-order valence-corrected chi connectivity index (χ3v) is 2.44. The number of methoxy groups -OCH3 is 1. The summed E-state index contributed by atoms with van der Waals surface area (Å²) in [5.74, 6) is -2.17. The maximum Gasteiger partial charge on any atom is 0.282 e.